The summed E-state index contributed by atoms with van der Waals surface area (Å²) < 4.78 is 41.3. The average molecular weight is 370 g/mol. The van der Waals surface area contributed by atoms with E-state index in [0.29, 0.717) is 0 Å². The first-order chi connectivity index (χ1) is 11.7. The van der Waals surface area contributed by atoms with Crippen molar-refractivity contribution in [2.45, 2.75) is 32.0 Å². The number of carbonyl (C=O) groups is 3. The molecule has 0 spiro atoms. The van der Waals surface area contributed by atoms with Crippen LogP contribution in [0.1, 0.15) is 34.3 Å². The van der Waals surface area contributed by atoms with E-state index < -0.39 is 46.3 Å². The highest BCUT2D eigenvalue weighted by molar-refractivity contribution is 7.85. The van der Waals surface area contributed by atoms with E-state index in [1.54, 1.807) is 0 Å². The van der Waals surface area contributed by atoms with Crippen molar-refractivity contribution in [1.82, 2.24) is 10.2 Å². The van der Waals surface area contributed by atoms with Crippen LogP contribution in [-0.2, 0) is 37.0 Å². The van der Waals surface area contributed by atoms with E-state index in [2.05, 4.69) is 9.50 Å². The molecule has 1 saturated heterocycles. The number of rotatable bonds is 4. The topological polar surface area (TPSA) is 110 Å². The predicted octanol–water partition coefficient (Wildman–Crippen LogP) is 0.0629. The monoisotopic (exact) mass is 370 g/mol. The molecule has 3 amide bonds. The normalized spacial score (nSPS) is 20.6. The number of benzene rings is 1. The molecule has 1 N–H and O–H groups in total. The minimum absolute atomic E-state index is 0.00194. The highest BCUT2D eigenvalue weighted by Crippen LogP contribution is 2.31. The molecule has 10 heteroatoms. The number of hydrogen-bond donors (Lipinski definition) is 1. The standard InChI is InChI=1S/C15H15FN2O6S/c1-25(22,23)24-7-8-2-3-9-10(13(8)16)6-18(15(9)21)11-4-5-12(19)17-14(11)20/h2-3,11H,4-7H2,1H3,(H,17,19,20). The summed E-state index contributed by atoms with van der Waals surface area (Å²) >= 11 is 0. The predicted molar refractivity (Wildman–Crippen MR) is 82.1 cm³/mol. The van der Waals surface area contributed by atoms with Crippen molar-refractivity contribution >= 4 is 27.8 Å². The highest BCUT2D eigenvalue weighted by atomic mass is 32.2. The maximum atomic E-state index is 14.6. The smallest absolute Gasteiger partial charge is 0.264 e. The van der Waals surface area contributed by atoms with Crippen LogP contribution in [0.4, 0.5) is 4.39 Å². The largest absolute Gasteiger partial charge is 0.322 e. The molecule has 0 aromatic heterocycles. The molecule has 0 aliphatic carbocycles. The summed E-state index contributed by atoms with van der Waals surface area (Å²) in [4.78, 5) is 36.9. The fourth-order valence-corrected chi connectivity index (χ4v) is 3.28. The molecule has 8 nitrogen and oxygen atoms in total. The highest BCUT2D eigenvalue weighted by Gasteiger charge is 2.40. The number of piperidine rings is 1. The lowest BCUT2D eigenvalue weighted by Gasteiger charge is -2.29. The summed E-state index contributed by atoms with van der Waals surface area (Å²) in [5.74, 6) is -2.22. The van der Waals surface area contributed by atoms with E-state index >= 15 is 0 Å². The molecule has 0 radical (unpaired) electrons. The third-order valence-electron chi connectivity index (χ3n) is 4.16. The van der Waals surface area contributed by atoms with E-state index in [1.807, 2.05) is 0 Å². The minimum Gasteiger partial charge on any atom is -0.322 e. The van der Waals surface area contributed by atoms with Gasteiger partial charge in [-0.15, -0.1) is 0 Å². The van der Waals surface area contributed by atoms with Crippen molar-refractivity contribution in [1.29, 1.82) is 0 Å². The number of nitrogens with one attached hydrogen (secondary N) is 1. The van der Waals surface area contributed by atoms with Gasteiger partial charge in [0.1, 0.15) is 11.9 Å². The van der Waals surface area contributed by atoms with Gasteiger partial charge in [0.05, 0.1) is 19.4 Å². The summed E-state index contributed by atoms with van der Waals surface area (Å²) in [5, 5.41) is 2.16. The molecule has 1 aromatic carbocycles. The first-order valence-corrected chi connectivity index (χ1v) is 9.28. The van der Waals surface area contributed by atoms with Gasteiger partial charge in [-0.3, -0.25) is 23.9 Å². The second-order valence-corrected chi connectivity index (χ2v) is 7.57. The Labute approximate surface area is 143 Å². The van der Waals surface area contributed by atoms with Crippen LogP contribution < -0.4 is 5.32 Å². The average Bonchev–Trinajstić information content (AvgIpc) is 2.84. The van der Waals surface area contributed by atoms with E-state index in [9.17, 15) is 27.2 Å². The Morgan fingerprint density at radius 3 is 2.68 bits per heavy atom. The van der Waals surface area contributed by atoms with Crippen LogP contribution in [0, 0.1) is 5.82 Å². The first kappa shape index (κ1) is 17.5. The SMILES string of the molecule is CS(=O)(=O)OCc1ccc2c(c1F)CN(C1CCC(=O)NC1=O)C2=O. The van der Waals surface area contributed by atoms with Crippen molar-refractivity contribution in [2.75, 3.05) is 6.26 Å². The number of fused-ring (bicyclic) bond motifs is 1. The number of nitrogens with zero attached hydrogens (tertiary/aromatic N) is 1. The maximum Gasteiger partial charge on any atom is 0.264 e. The number of carbonyl (C=O) groups excluding carboxylic acids is 3. The van der Waals surface area contributed by atoms with Crippen LogP contribution in [0.2, 0.25) is 0 Å². The third-order valence-corrected chi connectivity index (χ3v) is 4.70. The van der Waals surface area contributed by atoms with Gasteiger partial charge in [-0.2, -0.15) is 8.42 Å². The van der Waals surface area contributed by atoms with Gasteiger partial charge in [-0.05, 0) is 12.5 Å². The lowest BCUT2D eigenvalue weighted by molar-refractivity contribution is -0.136. The van der Waals surface area contributed by atoms with E-state index in [4.69, 9.17) is 0 Å². The molecule has 25 heavy (non-hydrogen) atoms. The molecule has 1 unspecified atom stereocenters. The summed E-state index contributed by atoms with van der Waals surface area (Å²) in [6.07, 6.45) is 1.13. The van der Waals surface area contributed by atoms with Gasteiger partial charge in [0, 0.05) is 23.1 Å². The lowest BCUT2D eigenvalue weighted by Crippen LogP contribution is -2.52. The Morgan fingerprint density at radius 1 is 1.32 bits per heavy atom. The van der Waals surface area contributed by atoms with E-state index in [1.165, 1.54) is 17.0 Å². The number of imide groups is 1. The molecule has 1 aromatic rings. The maximum absolute atomic E-state index is 14.6. The molecule has 134 valence electrons. The van der Waals surface area contributed by atoms with Crippen LogP contribution in [0.5, 0.6) is 0 Å². The number of hydrogen-bond acceptors (Lipinski definition) is 6. The fraction of sp³-hybridized carbons (Fsp3) is 0.400. The Morgan fingerprint density at radius 2 is 2.04 bits per heavy atom. The van der Waals surface area contributed by atoms with Gasteiger partial charge in [0.15, 0.2) is 0 Å². The number of halogens is 1. The molecule has 1 atom stereocenters. The zero-order valence-corrected chi connectivity index (χ0v) is 14.1. The lowest BCUT2D eigenvalue weighted by atomic mass is 10.0. The fourth-order valence-electron chi connectivity index (χ4n) is 2.93. The van der Waals surface area contributed by atoms with Gasteiger partial charge in [0.25, 0.3) is 16.0 Å². The Bertz CT molecular complexity index is 882. The van der Waals surface area contributed by atoms with E-state index in [0.717, 1.165) is 6.26 Å². The van der Waals surface area contributed by atoms with Gasteiger partial charge in [-0.1, -0.05) is 6.07 Å². The van der Waals surface area contributed by atoms with Crippen LogP contribution in [-0.4, -0.2) is 43.3 Å². The molecule has 3 rings (SSSR count). The van der Waals surface area contributed by atoms with Crippen molar-refractivity contribution in [3.8, 4) is 0 Å². The van der Waals surface area contributed by atoms with Crippen LogP contribution in [0.15, 0.2) is 12.1 Å². The number of amides is 3. The molecule has 0 saturated carbocycles. The second kappa shape index (κ2) is 6.19. The van der Waals surface area contributed by atoms with Crippen LogP contribution in [0.3, 0.4) is 0 Å². The van der Waals surface area contributed by atoms with Crippen molar-refractivity contribution in [3.63, 3.8) is 0 Å². The summed E-state index contributed by atoms with van der Waals surface area (Å²) in [5.41, 5.74) is 0.205. The first-order valence-electron chi connectivity index (χ1n) is 7.46. The van der Waals surface area contributed by atoms with E-state index in [-0.39, 0.29) is 36.1 Å². The summed E-state index contributed by atoms with van der Waals surface area (Å²) in [7, 11) is -3.73. The molecule has 0 bridgehead atoms. The molecule has 1 fully saturated rings. The quantitative estimate of drug-likeness (QED) is 0.593. The van der Waals surface area contributed by atoms with Crippen LogP contribution >= 0.6 is 0 Å². The van der Waals surface area contributed by atoms with Crippen molar-refractivity contribution in [2.24, 2.45) is 0 Å². The van der Waals surface area contributed by atoms with Crippen molar-refractivity contribution < 1.29 is 31.4 Å². The Kier molecular flexibility index (Phi) is 4.33. The van der Waals surface area contributed by atoms with Crippen molar-refractivity contribution in [3.05, 3.63) is 34.6 Å². The zero-order chi connectivity index (χ0) is 18.4. The second-order valence-electron chi connectivity index (χ2n) is 5.93. The minimum atomic E-state index is -3.73. The van der Waals surface area contributed by atoms with Gasteiger partial charge < -0.3 is 4.90 Å². The molecular formula is C15H15FN2O6S. The van der Waals surface area contributed by atoms with Gasteiger partial charge in [0.2, 0.25) is 11.8 Å². The van der Waals surface area contributed by atoms with Crippen LogP contribution in [0.25, 0.3) is 0 Å². The molecule has 2 aliphatic heterocycles. The van der Waals surface area contributed by atoms with Gasteiger partial charge in [-0.25, -0.2) is 4.39 Å². The van der Waals surface area contributed by atoms with Gasteiger partial charge >= 0.3 is 0 Å². The molecular weight excluding hydrogens is 355 g/mol. The Balaban J connectivity index is 1.85. The molecule has 2 heterocycles. The summed E-state index contributed by atoms with van der Waals surface area (Å²) in [6, 6.07) is 1.83. The summed E-state index contributed by atoms with van der Waals surface area (Å²) in [6.45, 7) is -0.608. The molecule has 2 aliphatic rings. The zero-order valence-electron chi connectivity index (χ0n) is 13.2. The third kappa shape index (κ3) is 3.40. The Hall–Kier alpha value is -2.33.